The fourth-order valence-electron chi connectivity index (χ4n) is 4.50. The van der Waals surface area contributed by atoms with Gasteiger partial charge in [0.05, 0.1) is 12.3 Å². The number of nitrogens with zero attached hydrogens (tertiary/aromatic N) is 2. The maximum atomic E-state index is 13.0. The van der Waals surface area contributed by atoms with E-state index in [-0.39, 0.29) is 37.8 Å². The van der Waals surface area contributed by atoms with Crippen molar-refractivity contribution in [1.29, 1.82) is 0 Å². The number of aliphatic carboxylic acids is 1. The van der Waals surface area contributed by atoms with Crippen molar-refractivity contribution in [3.8, 4) is 5.75 Å². The van der Waals surface area contributed by atoms with Gasteiger partial charge in [0.1, 0.15) is 17.7 Å². The highest BCUT2D eigenvalue weighted by molar-refractivity contribution is 5.94. The first kappa shape index (κ1) is 29.3. The molecule has 0 spiro atoms. The number of alkyl halides is 3. The van der Waals surface area contributed by atoms with Gasteiger partial charge in [-0.2, -0.15) is 13.2 Å². The average Bonchev–Trinajstić information content (AvgIpc) is 2.90. The average molecular weight is 536 g/mol. The topological polar surface area (TPSA) is 91.8 Å². The number of anilines is 1. The molecule has 1 saturated heterocycles. The van der Waals surface area contributed by atoms with Gasteiger partial charge >= 0.3 is 12.1 Å². The molecule has 0 radical (unpaired) electrons. The summed E-state index contributed by atoms with van der Waals surface area (Å²) in [7, 11) is 0. The summed E-state index contributed by atoms with van der Waals surface area (Å²) in [6, 6.07) is 10.4. The first-order chi connectivity index (χ1) is 18.2. The van der Waals surface area contributed by atoms with Gasteiger partial charge in [-0.05, 0) is 56.0 Å². The largest absolute Gasteiger partial charge is 0.486 e. The van der Waals surface area contributed by atoms with E-state index in [1.165, 1.54) is 0 Å². The third-order valence-electron chi connectivity index (χ3n) is 6.76. The Labute approximate surface area is 221 Å². The van der Waals surface area contributed by atoms with E-state index in [4.69, 9.17) is 9.84 Å². The molecule has 3 rings (SSSR count). The van der Waals surface area contributed by atoms with Gasteiger partial charge in [0.25, 0.3) is 5.91 Å². The number of carbonyl (C=O) groups excluding carboxylic acids is 1. The minimum atomic E-state index is -4.14. The Balaban J connectivity index is 1.64. The predicted molar refractivity (Wildman–Crippen MR) is 138 cm³/mol. The molecule has 0 aliphatic carbocycles. The molecule has 0 unspecified atom stereocenters. The van der Waals surface area contributed by atoms with Crippen molar-refractivity contribution in [2.24, 2.45) is 5.92 Å². The number of hydrogen-bond acceptors (Lipinski definition) is 5. The highest BCUT2D eigenvalue weighted by atomic mass is 19.4. The van der Waals surface area contributed by atoms with Crippen molar-refractivity contribution in [3.05, 3.63) is 53.7 Å². The summed E-state index contributed by atoms with van der Waals surface area (Å²) in [6.45, 7) is 2.84. The molecule has 208 valence electrons. The van der Waals surface area contributed by atoms with Gasteiger partial charge in [-0.3, -0.25) is 9.59 Å². The molecule has 38 heavy (non-hydrogen) atoms. The summed E-state index contributed by atoms with van der Waals surface area (Å²) in [5.41, 5.74) is 1.29. The van der Waals surface area contributed by atoms with Gasteiger partial charge in [0.2, 0.25) is 0 Å². The third-order valence-corrected chi connectivity index (χ3v) is 6.76. The number of hydrogen-bond donors (Lipinski definition) is 2. The van der Waals surface area contributed by atoms with Crippen LogP contribution in [-0.4, -0.2) is 47.8 Å². The van der Waals surface area contributed by atoms with Crippen LogP contribution in [-0.2, 0) is 4.79 Å². The number of halogens is 3. The number of ether oxygens (including phenoxy) is 1. The summed E-state index contributed by atoms with van der Waals surface area (Å²) in [4.78, 5) is 29.3. The van der Waals surface area contributed by atoms with Gasteiger partial charge in [-0.15, -0.1) is 0 Å². The van der Waals surface area contributed by atoms with Crippen LogP contribution in [0.25, 0.3) is 0 Å². The molecule has 1 aromatic carbocycles. The monoisotopic (exact) mass is 535 g/mol. The van der Waals surface area contributed by atoms with Crippen LogP contribution in [0.1, 0.15) is 80.3 Å². The molecule has 10 heteroatoms. The molecule has 2 aromatic rings. The Morgan fingerprint density at radius 2 is 1.82 bits per heavy atom. The summed E-state index contributed by atoms with van der Waals surface area (Å²) >= 11 is 0. The van der Waals surface area contributed by atoms with Crippen molar-refractivity contribution >= 4 is 17.7 Å². The Morgan fingerprint density at radius 1 is 1.11 bits per heavy atom. The zero-order valence-corrected chi connectivity index (χ0v) is 21.7. The molecule has 1 aromatic heterocycles. The number of carboxylic acids is 1. The molecule has 2 N–H and O–H groups in total. The second kappa shape index (κ2) is 14.0. The Hall–Kier alpha value is -3.30. The van der Waals surface area contributed by atoms with Gasteiger partial charge in [-0.1, -0.05) is 32.3 Å². The molecule has 1 atom stereocenters. The quantitative estimate of drug-likeness (QED) is 0.299. The van der Waals surface area contributed by atoms with E-state index < -0.39 is 18.1 Å². The molecule has 2 heterocycles. The number of nitrogens with one attached hydrogen (secondary N) is 1. The lowest BCUT2D eigenvalue weighted by atomic mass is 9.96. The molecular formula is C28H36F3N3O4. The molecule has 1 amide bonds. The number of piperidine rings is 1. The first-order valence-electron chi connectivity index (χ1n) is 13.2. The molecule has 1 aliphatic heterocycles. The van der Waals surface area contributed by atoms with Crippen molar-refractivity contribution in [3.63, 3.8) is 0 Å². The third kappa shape index (κ3) is 8.92. The van der Waals surface area contributed by atoms with Crippen molar-refractivity contribution in [2.45, 2.75) is 70.6 Å². The van der Waals surface area contributed by atoms with Gasteiger partial charge < -0.3 is 20.1 Å². The molecule has 1 fully saturated rings. The number of carboxylic acid groups (broad SMARTS) is 1. The smallest absolute Gasteiger partial charge is 0.391 e. The summed E-state index contributed by atoms with van der Waals surface area (Å²) in [6.07, 6.45) is 2.38. The summed E-state index contributed by atoms with van der Waals surface area (Å²) in [5.74, 6) is -1.33. The molecule has 0 bridgehead atoms. The minimum absolute atomic E-state index is 0.0512. The molecule has 0 saturated carbocycles. The fraction of sp³-hybridized carbons (Fsp3) is 0.536. The predicted octanol–water partition coefficient (Wildman–Crippen LogP) is 6.16. The Bertz CT molecular complexity index is 1020. The minimum Gasteiger partial charge on any atom is -0.486 e. The van der Waals surface area contributed by atoms with E-state index in [9.17, 15) is 22.8 Å². The standard InChI is InChI=1S/C28H36F3N3O4/c1-2-3-4-5-6-24(38-23-10-7-20(8-11-23)27(37)32-16-13-26(35)36)21-9-12-25(33-19-21)34-17-14-22(15-18-34)28(29,30)31/h7-12,19,22,24H,2-6,13-18H2,1H3,(H,32,37)(H,35,36)/t24-/m1/s1. The van der Waals surface area contributed by atoms with Crippen LogP contribution in [0.3, 0.4) is 0 Å². The normalized spacial score (nSPS) is 15.2. The van der Waals surface area contributed by atoms with Crippen molar-refractivity contribution < 1.29 is 32.6 Å². The second-order valence-electron chi connectivity index (χ2n) is 9.63. The van der Waals surface area contributed by atoms with Crippen LogP contribution < -0.4 is 15.0 Å². The van der Waals surface area contributed by atoms with Gasteiger partial charge in [-0.25, -0.2) is 4.98 Å². The summed E-state index contributed by atoms with van der Waals surface area (Å²) in [5, 5.41) is 11.3. The Morgan fingerprint density at radius 3 is 2.39 bits per heavy atom. The van der Waals surface area contributed by atoms with Crippen molar-refractivity contribution in [1.82, 2.24) is 10.3 Å². The van der Waals surface area contributed by atoms with Crippen LogP contribution in [0.4, 0.5) is 19.0 Å². The number of carbonyl (C=O) groups is 2. The van der Waals surface area contributed by atoms with E-state index in [2.05, 4.69) is 17.2 Å². The van der Waals surface area contributed by atoms with E-state index >= 15 is 0 Å². The second-order valence-corrected chi connectivity index (χ2v) is 9.63. The number of rotatable bonds is 13. The fourth-order valence-corrected chi connectivity index (χ4v) is 4.50. The van der Waals surface area contributed by atoms with E-state index in [1.54, 1.807) is 30.5 Å². The van der Waals surface area contributed by atoms with Gasteiger partial charge in [0, 0.05) is 37.0 Å². The van der Waals surface area contributed by atoms with E-state index in [1.807, 2.05) is 17.0 Å². The van der Waals surface area contributed by atoms with Crippen LogP contribution in [0.5, 0.6) is 5.75 Å². The number of amides is 1. The van der Waals surface area contributed by atoms with Crippen LogP contribution >= 0.6 is 0 Å². The van der Waals surface area contributed by atoms with Crippen LogP contribution in [0, 0.1) is 5.92 Å². The number of benzene rings is 1. The first-order valence-corrected chi connectivity index (χ1v) is 13.2. The number of aromatic nitrogens is 1. The highest BCUT2D eigenvalue weighted by Gasteiger charge is 2.41. The highest BCUT2D eigenvalue weighted by Crippen LogP contribution is 2.35. The zero-order valence-electron chi connectivity index (χ0n) is 21.7. The van der Waals surface area contributed by atoms with Gasteiger partial charge in [0.15, 0.2) is 0 Å². The maximum absolute atomic E-state index is 13.0. The van der Waals surface area contributed by atoms with E-state index in [0.717, 1.165) is 37.7 Å². The lowest BCUT2D eigenvalue weighted by Crippen LogP contribution is -2.39. The molecule has 7 nitrogen and oxygen atoms in total. The summed E-state index contributed by atoms with van der Waals surface area (Å²) < 4.78 is 45.3. The number of pyridine rings is 1. The molecular weight excluding hydrogens is 499 g/mol. The van der Waals surface area contributed by atoms with Crippen LogP contribution in [0.15, 0.2) is 42.6 Å². The lowest BCUT2D eigenvalue weighted by molar-refractivity contribution is -0.179. The SMILES string of the molecule is CCCCCC[C@@H](Oc1ccc(C(=O)NCCC(=O)O)cc1)c1ccc(N2CCC(C(F)(F)F)CC2)nc1. The molecule has 1 aliphatic rings. The van der Waals surface area contributed by atoms with Crippen LogP contribution in [0.2, 0.25) is 0 Å². The van der Waals surface area contributed by atoms with E-state index in [0.29, 0.717) is 30.2 Å². The number of unbranched alkanes of at least 4 members (excludes halogenated alkanes) is 3. The Kier molecular flexibility index (Phi) is 10.8. The zero-order chi connectivity index (χ0) is 27.5. The van der Waals surface area contributed by atoms with Crippen molar-refractivity contribution in [2.75, 3.05) is 24.5 Å². The lowest BCUT2D eigenvalue weighted by Gasteiger charge is -2.33. The maximum Gasteiger partial charge on any atom is 0.391 e.